The Morgan fingerprint density at radius 2 is 2.00 bits per heavy atom. The Labute approximate surface area is 177 Å². The molecule has 1 N–H and O–H groups in total. The summed E-state index contributed by atoms with van der Waals surface area (Å²) in [4.78, 5) is 19.6. The molecule has 0 unspecified atom stereocenters. The molecule has 1 fully saturated rings. The average molecular weight is 514 g/mol. The zero-order chi connectivity index (χ0) is 19.2. The maximum Gasteiger partial charge on any atom is 0.243 e. The minimum Gasteiger partial charge on any atom is -0.364 e. The lowest BCUT2D eigenvalue weighted by Gasteiger charge is -2.35. The van der Waals surface area contributed by atoms with E-state index in [-0.39, 0.29) is 42.2 Å². The lowest BCUT2D eigenvalue weighted by molar-refractivity contribution is -0.127. The smallest absolute Gasteiger partial charge is 0.243 e. The molecule has 0 saturated carbocycles. The highest BCUT2D eigenvalue weighted by molar-refractivity contribution is 14.0. The highest BCUT2D eigenvalue weighted by Crippen LogP contribution is 2.12. The minimum absolute atomic E-state index is 0. The third kappa shape index (κ3) is 6.92. The number of sulfonamides is 1. The molecule has 1 aliphatic rings. The van der Waals surface area contributed by atoms with E-state index in [0.717, 1.165) is 0 Å². The van der Waals surface area contributed by atoms with Crippen LogP contribution in [0.5, 0.6) is 0 Å². The van der Waals surface area contributed by atoms with Crippen molar-refractivity contribution in [2.45, 2.75) is 12.7 Å². The fraction of sp³-hybridized carbons (Fsp3) is 0.667. The predicted octanol–water partition coefficient (Wildman–Crippen LogP) is -0.206. The lowest BCUT2D eigenvalue weighted by atomic mass is 10.4. The molecule has 0 aliphatic carbocycles. The second-order valence-corrected chi connectivity index (χ2v) is 8.06. The van der Waals surface area contributed by atoms with Crippen LogP contribution in [0.2, 0.25) is 0 Å². The first-order valence-electron chi connectivity index (χ1n) is 8.44. The van der Waals surface area contributed by atoms with Crippen molar-refractivity contribution in [3.8, 4) is 0 Å². The van der Waals surface area contributed by atoms with Crippen LogP contribution in [0.25, 0.3) is 0 Å². The van der Waals surface area contributed by atoms with Gasteiger partial charge in [0.15, 0.2) is 5.96 Å². The van der Waals surface area contributed by atoms with Crippen LogP contribution in [0.1, 0.15) is 12.6 Å². The van der Waals surface area contributed by atoms with Crippen LogP contribution in [0, 0.1) is 0 Å². The number of amides is 1. The van der Waals surface area contributed by atoms with Gasteiger partial charge in [0.25, 0.3) is 0 Å². The van der Waals surface area contributed by atoms with Crippen molar-refractivity contribution in [3.63, 3.8) is 0 Å². The molecular weight excluding hydrogens is 487 g/mol. The Hall–Kier alpha value is -1.41. The monoisotopic (exact) mass is 514 g/mol. The number of rotatable bonds is 6. The molecule has 10 nitrogen and oxygen atoms in total. The first-order chi connectivity index (χ1) is 12.3. The standard InChI is InChI=1S/C15H26N6O4S.HI/c1-4-16-15(17-11-14(22)19(2)3)20-6-8-21(9-7-20)26(23,24)12-13-5-10-25-18-13;/h5,10H,4,6-9,11-12H2,1-3H3,(H,16,17);1H. The van der Waals surface area contributed by atoms with Gasteiger partial charge in [-0.15, -0.1) is 24.0 Å². The first kappa shape index (κ1) is 23.6. The number of carbonyl (C=O) groups excluding carboxylic acids is 1. The van der Waals surface area contributed by atoms with Crippen molar-refractivity contribution in [3.05, 3.63) is 18.0 Å². The molecule has 0 radical (unpaired) electrons. The Balaban J connectivity index is 0.00000364. The van der Waals surface area contributed by atoms with E-state index in [9.17, 15) is 13.2 Å². The average Bonchev–Trinajstić information content (AvgIpc) is 3.10. The summed E-state index contributed by atoms with van der Waals surface area (Å²) in [5.74, 6) is 0.361. The fourth-order valence-corrected chi connectivity index (χ4v) is 3.90. The summed E-state index contributed by atoms with van der Waals surface area (Å²) in [6.07, 6.45) is 1.36. The van der Waals surface area contributed by atoms with E-state index in [0.29, 0.717) is 44.4 Å². The van der Waals surface area contributed by atoms with E-state index < -0.39 is 10.0 Å². The van der Waals surface area contributed by atoms with Crippen LogP contribution in [0.4, 0.5) is 0 Å². The van der Waals surface area contributed by atoms with Crippen molar-refractivity contribution < 1.29 is 17.7 Å². The van der Waals surface area contributed by atoms with Gasteiger partial charge in [0.2, 0.25) is 15.9 Å². The van der Waals surface area contributed by atoms with Crippen LogP contribution < -0.4 is 5.32 Å². The normalized spacial score (nSPS) is 16.0. The number of halogens is 1. The minimum atomic E-state index is -3.44. The molecule has 0 atom stereocenters. The Kier molecular flexibility index (Phi) is 9.45. The van der Waals surface area contributed by atoms with Gasteiger partial charge >= 0.3 is 0 Å². The highest BCUT2D eigenvalue weighted by atomic mass is 127. The molecule has 1 aromatic heterocycles. The van der Waals surface area contributed by atoms with E-state index in [1.807, 2.05) is 11.8 Å². The molecule has 2 rings (SSSR count). The number of aliphatic imine (C=N–C) groups is 1. The first-order valence-corrected chi connectivity index (χ1v) is 10.0. The van der Waals surface area contributed by atoms with E-state index in [4.69, 9.17) is 0 Å². The third-order valence-corrected chi connectivity index (χ3v) is 5.76. The molecule has 0 aromatic carbocycles. The second kappa shape index (κ2) is 10.8. The van der Waals surface area contributed by atoms with E-state index in [1.165, 1.54) is 15.5 Å². The van der Waals surface area contributed by atoms with Crippen molar-refractivity contribution in [1.29, 1.82) is 0 Å². The third-order valence-electron chi connectivity index (χ3n) is 3.95. The molecule has 1 amide bonds. The second-order valence-electron chi connectivity index (χ2n) is 6.09. The topological polar surface area (TPSA) is 111 Å². The van der Waals surface area contributed by atoms with Gasteiger partial charge < -0.3 is 19.6 Å². The number of aromatic nitrogens is 1. The lowest BCUT2D eigenvalue weighted by Crippen LogP contribution is -2.54. The predicted molar refractivity (Wildman–Crippen MR) is 112 cm³/mol. The molecule has 1 aliphatic heterocycles. The van der Waals surface area contributed by atoms with Crippen molar-refractivity contribution in [2.75, 3.05) is 53.4 Å². The van der Waals surface area contributed by atoms with Gasteiger partial charge in [-0.25, -0.2) is 13.4 Å². The van der Waals surface area contributed by atoms with Gasteiger partial charge in [0.05, 0.1) is 5.69 Å². The molecular formula is C15H27IN6O4S. The van der Waals surface area contributed by atoms with Crippen molar-refractivity contribution in [2.24, 2.45) is 4.99 Å². The molecule has 1 aromatic rings. The summed E-state index contributed by atoms with van der Waals surface area (Å²) in [6.45, 7) is 4.38. The maximum atomic E-state index is 12.5. The number of piperazine rings is 1. The Bertz CT molecular complexity index is 715. The van der Waals surface area contributed by atoms with Gasteiger partial charge in [-0.1, -0.05) is 5.16 Å². The van der Waals surface area contributed by atoms with E-state index >= 15 is 0 Å². The van der Waals surface area contributed by atoms with Gasteiger partial charge in [-0.3, -0.25) is 4.79 Å². The number of hydrogen-bond acceptors (Lipinski definition) is 6. The maximum absolute atomic E-state index is 12.5. The van der Waals surface area contributed by atoms with E-state index in [2.05, 4.69) is 20.0 Å². The van der Waals surface area contributed by atoms with Gasteiger partial charge in [0.1, 0.15) is 18.6 Å². The Morgan fingerprint density at radius 1 is 1.33 bits per heavy atom. The van der Waals surface area contributed by atoms with Crippen LogP contribution in [0.3, 0.4) is 0 Å². The van der Waals surface area contributed by atoms with Crippen molar-refractivity contribution >= 4 is 45.9 Å². The van der Waals surface area contributed by atoms with Gasteiger partial charge in [0, 0.05) is 52.9 Å². The zero-order valence-electron chi connectivity index (χ0n) is 15.8. The number of hydrogen-bond donors (Lipinski definition) is 1. The number of nitrogens with zero attached hydrogens (tertiary/aromatic N) is 5. The largest absolute Gasteiger partial charge is 0.364 e. The quantitative estimate of drug-likeness (QED) is 0.318. The molecule has 1 saturated heterocycles. The molecule has 0 spiro atoms. The van der Waals surface area contributed by atoms with Crippen LogP contribution >= 0.6 is 24.0 Å². The summed E-state index contributed by atoms with van der Waals surface area (Å²) >= 11 is 0. The molecule has 0 bridgehead atoms. The zero-order valence-corrected chi connectivity index (χ0v) is 18.9. The van der Waals surface area contributed by atoms with Gasteiger partial charge in [-0.05, 0) is 6.92 Å². The van der Waals surface area contributed by atoms with Crippen LogP contribution in [-0.4, -0.2) is 92.9 Å². The number of likely N-dealkylation sites (N-methyl/N-ethyl adjacent to an activating group) is 1. The molecule has 12 heteroatoms. The number of guanidine groups is 1. The SMILES string of the molecule is CCNC(=NCC(=O)N(C)C)N1CCN(S(=O)(=O)Cc2ccon2)CC1.I. The highest BCUT2D eigenvalue weighted by Gasteiger charge is 2.29. The number of nitrogens with one attached hydrogen (secondary N) is 1. The molecule has 2 heterocycles. The summed E-state index contributed by atoms with van der Waals surface area (Å²) in [5, 5.41) is 6.81. The molecule has 154 valence electrons. The fourth-order valence-electron chi connectivity index (χ4n) is 2.48. The summed E-state index contributed by atoms with van der Waals surface area (Å²) in [6, 6.07) is 1.55. The summed E-state index contributed by atoms with van der Waals surface area (Å²) < 4.78 is 31.1. The summed E-state index contributed by atoms with van der Waals surface area (Å²) in [5.41, 5.74) is 0.393. The van der Waals surface area contributed by atoms with Gasteiger partial charge in [-0.2, -0.15) is 4.31 Å². The van der Waals surface area contributed by atoms with Crippen LogP contribution in [-0.2, 0) is 20.6 Å². The van der Waals surface area contributed by atoms with Crippen LogP contribution in [0.15, 0.2) is 21.8 Å². The molecule has 27 heavy (non-hydrogen) atoms. The van der Waals surface area contributed by atoms with Crippen molar-refractivity contribution in [1.82, 2.24) is 24.6 Å². The van der Waals surface area contributed by atoms with E-state index in [1.54, 1.807) is 20.2 Å². The Morgan fingerprint density at radius 3 is 2.52 bits per heavy atom. The summed E-state index contributed by atoms with van der Waals surface area (Å²) in [7, 11) is -0.0739. The number of carbonyl (C=O) groups is 1.